The predicted octanol–water partition coefficient (Wildman–Crippen LogP) is 5.48. The molecule has 0 bridgehead atoms. The summed E-state index contributed by atoms with van der Waals surface area (Å²) >= 11 is 6.07. The van der Waals surface area contributed by atoms with Crippen LogP contribution in [-0.2, 0) is 0 Å². The molecular formula is C23H18ClN5. The lowest BCUT2D eigenvalue weighted by Crippen LogP contribution is -2.19. The largest absolute Gasteiger partial charge is 0.256 e. The number of hydrogen-bond acceptors (Lipinski definition) is 4. The van der Waals surface area contributed by atoms with Crippen LogP contribution in [0.1, 0.15) is 23.7 Å². The smallest absolute Gasteiger partial charge is 0.118 e. The number of halogens is 1. The van der Waals surface area contributed by atoms with Crippen molar-refractivity contribution in [1.29, 1.82) is 0 Å². The van der Waals surface area contributed by atoms with E-state index in [1.165, 1.54) is 0 Å². The Morgan fingerprint density at radius 1 is 0.793 bits per heavy atom. The summed E-state index contributed by atoms with van der Waals surface area (Å²) in [6.45, 7) is 0. The molecule has 0 spiro atoms. The lowest BCUT2D eigenvalue weighted by molar-refractivity contribution is 0.683. The average Bonchev–Trinajstić information content (AvgIpc) is 3.43. The van der Waals surface area contributed by atoms with Gasteiger partial charge in [0.2, 0.25) is 0 Å². The molecule has 6 heteroatoms. The Morgan fingerprint density at radius 2 is 1.48 bits per heavy atom. The second kappa shape index (κ2) is 7.53. The van der Waals surface area contributed by atoms with E-state index in [0.717, 1.165) is 40.3 Å². The van der Waals surface area contributed by atoms with Crippen molar-refractivity contribution >= 4 is 23.0 Å². The second-order valence-electron chi connectivity index (χ2n) is 6.88. The van der Waals surface area contributed by atoms with Crippen LogP contribution in [0, 0.1) is 0 Å². The lowest BCUT2D eigenvalue weighted by Gasteiger charge is -2.22. The van der Waals surface area contributed by atoms with Crippen LogP contribution in [0.15, 0.2) is 90.0 Å². The SMILES string of the molecule is Clc1ccc(C2=NN(c3ccccc3)C(c3n[nH]nc3-c3ccccc3)C2)cc1. The number of hydrogen-bond donors (Lipinski definition) is 1. The molecule has 1 aromatic heterocycles. The molecule has 1 aliphatic heterocycles. The first-order valence-corrected chi connectivity index (χ1v) is 9.81. The van der Waals surface area contributed by atoms with Crippen molar-refractivity contribution in [3.8, 4) is 11.3 Å². The molecule has 4 aromatic rings. The molecule has 3 aromatic carbocycles. The Morgan fingerprint density at radius 3 is 2.21 bits per heavy atom. The summed E-state index contributed by atoms with van der Waals surface area (Å²) in [5, 5.41) is 19.5. The normalized spacial score (nSPS) is 16.1. The summed E-state index contributed by atoms with van der Waals surface area (Å²) < 4.78 is 0. The minimum absolute atomic E-state index is 0.0583. The summed E-state index contributed by atoms with van der Waals surface area (Å²) in [7, 11) is 0. The third kappa shape index (κ3) is 3.41. The first kappa shape index (κ1) is 17.6. The monoisotopic (exact) mass is 399 g/mol. The molecule has 1 aliphatic rings. The van der Waals surface area contributed by atoms with Crippen LogP contribution in [0.5, 0.6) is 0 Å². The van der Waals surface area contributed by atoms with Crippen LogP contribution < -0.4 is 5.01 Å². The van der Waals surface area contributed by atoms with Crippen molar-refractivity contribution in [2.45, 2.75) is 12.5 Å². The van der Waals surface area contributed by atoms with Crippen molar-refractivity contribution in [2.24, 2.45) is 5.10 Å². The van der Waals surface area contributed by atoms with Gasteiger partial charge in [-0.1, -0.05) is 72.3 Å². The van der Waals surface area contributed by atoms with Gasteiger partial charge in [-0.15, -0.1) is 0 Å². The molecule has 1 unspecified atom stereocenters. The van der Waals surface area contributed by atoms with Crippen LogP contribution in [0.2, 0.25) is 5.02 Å². The van der Waals surface area contributed by atoms with Gasteiger partial charge in [0.15, 0.2) is 0 Å². The number of rotatable bonds is 4. The third-order valence-corrected chi connectivity index (χ3v) is 5.30. The number of para-hydroxylation sites is 1. The van der Waals surface area contributed by atoms with Crippen LogP contribution in [-0.4, -0.2) is 21.1 Å². The van der Waals surface area contributed by atoms with Gasteiger partial charge < -0.3 is 0 Å². The van der Waals surface area contributed by atoms with Gasteiger partial charge in [-0.05, 0) is 29.8 Å². The highest BCUT2D eigenvalue weighted by atomic mass is 35.5. The summed E-state index contributed by atoms with van der Waals surface area (Å²) in [5.74, 6) is 0. The summed E-state index contributed by atoms with van der Waals surface area (Å²) in [6, 6.07) is 28.0. The fourth-order valence-corrected chi connectivity index (χ4v) is 3.76. The van der Waals surface area contributed by atoms with E-state index >= 15 is 0 Å². The molecule has 29 heavy (non-hydrogen) atoms. The zero-order chi connectivity index (χ0) is 19.6. The zero-order valence-electron chi connectivity index (χ0n) is 15.5. The molecule has 1 atom stereocenters. The molecule has 142 valence electrons. The summed E-state index contributed by atoms with van der Waals surface area (Å²) in [6.07, 6.45) is 0.725. The first-order valence-electron chi connectivity index (χ1n) is 9.43. The molecule has 0 fully saturated rings. The Labute approximate surface area is 173 Å². The fourth-order valence-electron chi connectivity index (χ4n) is 3.64. The van der Waals surface area contributed by atoms with Crippen molar-refractivity contribution in [1.82, 2.24) is 15.4 Å². The van der Waals surface area contributed by atoms with Gasteiger partial charge in [0.25, 0.3) is 0 Å². The van der Waals surface area contributed by atoms with Crippen molar-refractivity contribution in [2.75, 3.05) is 5.01 Å². The van der Waals surface area contributed by atoms with E-state index < -0.39 is 0 Å². The van der Waals surface area contributed by atoms with Crippen LogP contribution in [0.4, 0.5) is 5.69 Å². The van der Waals surface area contributed by atoms with Gasteiger partial charge >= 0.3 is 0 Å². The van der Waals surface area contributed by atoms with E-state index in [1.54, 1.807) is 0 Å². The lowest BCUT2D eigenvalue weighted by atomic mass is 9.99. The predicted molar refractivity (Wildman–Crippen MR) is 116 cm³/mol. The van der Waals surface area contributed by atoms with Crippen molar-refractivity contribution in [3.63, 3.8) is 0 Å². The molecule has 5 rings (SSSR count). The molecule has 0 saturated heterocycles. The standard InChI is InChI=1S/C23H18ClN5/c24-18-13-11-16(12-14-18)20-15-21(29(27-20)19-9-5-2-6-10-19)23-22(25-28-26-23)17-7-3-1-4-8-17/h1-14,21H,15H2,(H,25,26,28). The van der Waals surface area contributed by atoms with Crippen LogP contribution >= 0.6 is 11.6 Å². The quantitative estimate of drug-likeness (QED) is 0.494. The van der Waals surface area contributed by atoms with Gasteiger partial charge in [0.1, 0.15) is 17.4 Å². The molecular weight excluding hydrogens is 382 g/mol. The van der Waals surface area contributed by atoms with E-state index in [1.807, 2.05) is 77.8 Å². The highest BCUT2D eigenvalue weighted by molar-refractivity contribution is 6.30. The van der Waals surface area contributed by atoms with Crippen molar-refractivity contribution < 1.29 is 0 Å². The molecule has 1 N–H and O–H groups in total. The van der Waals surface area contributed by atoms with E-state index in [-0.39, 0.29) is 6.04 Å². The topological polar surface area (TPSA) is 57.2 Å². The minimum atomic E-state index is -0.0583. The van der Waals surface area contributed by atoms with Crippen LogP contribution in [0.25, 0.3) is 11.3 Å². The maximum absolute atomic E-state index is 6.07. The van der Waals surface area contributed by atoms with E-state index in [9.17, 15) is 0 Å². The summed E-state index contributed by atoms with van der Waals surface area (Å²) in [5.41, 5.74) is 5.84. The molecule has 0 amide bonds. The second-order valence-corrected chi connectivity index (χ2v) is 7.31. The van der Waals surface area contributed by atoms with Gasteiger partial charge in [-0.25, -0.2) is 0 Å². The first-order chi connectivity index (χ1) is 14.3. The third-order valence-electron chi connectivity index (χ3n) is 5.05. The summed E-state index contributed by atoms with van der Waals surface area (Å²) in [4.78, 5) is 0. The average molecular weight is 400 g/mol. The number of aromatic amines is 1. The minimum Gasteiger partial charge on any atom is -0.256 e. The fraction of sp³-hybridized carbons (Fsp3) is 0.0870. The molecule has 5 nitrogen and oxygen atoms in total. The number of benzene rings is 3. The maximum Gasteiger partial charge on any atom is 0.118 e. The molecule has 0 aliphatic carbocycles. The van der Waals surface area contributed by atoms with Gasteiger partial charge in [-0.3, -0.25) is 5.01 Å². The number of aromatic nitrogens is 3. The van der Waals surface area contributed by atoms with E-state index in [4.69, 9.17) is 16.7 Å². The number of nitrogens with one attached hydrogen (secondary N) is 1. The highest BCUT2D eigenvalue weighted by Crippen LogP contribution is 2.38. The van der Waals surface area contributed by atoms with E-state index in [2.05, 4.69) is 27.5 Å². The Balaban J connectivity index is 1.58. The van der Waals surface area contributed by atoms with E-state index in [0.29, 0.717) is 5.02 Å². The maximum atomic E-state index is 6.07. The van der Waals surface area contributed by atoms with Crippen molar-refractivity contribution in [3.05, 3.63) is 101 Å². The molecule has 2 heterocycles. The number of hydrazone groups is 1. The number of nitrogens with zero attached hydrogens (tertiary/aromatic N) is 4. The van der Waals surface area contributed by atoms with Gasteiger partial charge in [-0.2, -0.15) is 20.5 Å². The van der Waals surface area contributed by atoms with Crippen LogP contribution in [0.3, 0.4) is 0 Å². The molecule has 0 radical (unpaired) electrons. The zero-order valence-corrected chi connectivity index (χ0v) is 16.3. The molecule has 0 saturated carbocycles. The number of anilines is 1. The Kier molecular flexibility index (Phi) is 4.58. The highest BCUT2D eigenvalue weighted by Gasteiger charge is 2.34. The van der Waals surface area contributed by atoms with Gasteiger partial charge in [0.05, 0.1) is 11.4 Å². The Hall–Kier alpha value is -3.44. The number of H-pyrrole nitrogens is 1. The Bertz CT molecular complexity index is 1140. The van der Waals surface area contributed by atoms with Gasteiger partial charge in [0, 0.05) is 17.0 Å².